The van der Waals surface area contributed by atoms with Crippen LogP contribution in [0, 0.1) is 5.92 Å². The molecule has 1 saturated carbocycles. The van der Waals surface area contributed by atoms with E-state index >= 15 is 0 Å². The van der Waals surface area contributed by atoms with Gasteiger partial charge >= 0.3 is 0 Å². The maximum atomic E-state index is 12.8. The number of nitrogens with two attached hydrogens (primary N) is 1. The second-order valence-corrected chi connectivity index (χ2v) is 6.96. The average Bonchev–Trinajstić information content (AvgIpc) is 3.57. The summed E-state index contributed by atoms with van der Waals surface area (Å²) in [4.78, 5) is 12.8. The first-order chi connectivity index (χ1) is 14.1. The van der Waals surface area contributed by atoms with E-state index in [1.807, 2.05) is 24.3 Å². The molecule has 0 atom stereocenters. The Labute approximate surface area is 171 Å². The van der Waals surface area contributed by atoms with Gasteiger partial charge < -0.3 is 30.0 Å². The van der Waals surface area contributed by atoms with E-state index in [2.05, 4.69) is 5.32 Å². The highest BCUT2D eigenvalue weighted by Crippen LogP contribution is 2.48. The van der Waals surface area contributed by atoms with E-state index in [0.717, 1.165) is 24.8 Å². The van der Waals surface area contributed by atoms with E-state index in [1.165, 1.54) is 21.3 Å². The van der Waals surface area contributed by atoms with Crippen LogP contribution in [0.5, 0.6) is 28.7 Å². The van der Waals surface area contributed by atoms with Gasteiger partial charge in [-0.05, 0) is 49.4 Å². The Hall–Kier alpha value is -2.93. The topological polar surface area (TPSA) is 92.0 Å². The van der Waals surface area contributed by atoms with Crippen LogP contribution in [0.15, 0.2) is 30.3 Å². The van der Waals surface area contributed by atoms with Gasteiger partial charge in [-0.25, -0.2) is 0 Å². The molecule has 1 fully saturated rings. The third-order valence-corrected chi connectivity index (χ3v) is 4.85. The predicted molar refractivity (Wildman–Crippen MR) is 110 cm³/mol. The molecule has 0 aromatic heterocycles. The summed E-state index contributed by atoms with van der Waals surface area (Å²) in [6.07, 6.45) is 3.10. The largest absolute Gasteiger partial charge is 0.492 e. The minimum Gasteiger partial charge on any atom is -0.492 e. The van der Waals surface area contributed by atoms with Crippen molar-refractivity contribution in [2.24, 2.45) is 11.7 Å². The van der Waals surface area contributed by atoms with Crippen LogP contribution in [0.2, 0.25) is 0 Å². The van der Waals surface area contributed by atoms with Gasteiger partial charge in [-0.1, -0.05) is 12.1 Å². The smallest absolute Gasteiger partial charge is 0.255 e. The van der Waals surface area contributed by atoms with Crippen molar-refractivity contribution in [2.75, 3.05) is 34.4 Å². The highest BCUT2D eigenvalue weighted by molar-refractivity contribution is 5.99. The maximum absolute atomic E-state index is 12.8. The van der Waals surface area contributed by atoms with Crippen molar-refractivity contribution in [2.45, 2.75) is 19.3 Å². The summed E-state index contributed by atoms with van der Waals surface area (Å²) in [5.41, 5.74) is 7.06. The Balaban J connectivity index is 1.95. The number of methoxy groups -OCH3 is 3. The van der Waals surface area contributed by atoms with Gasteiger partial charge in [0.05, 0.1) is 26.9 Å². The fourth-order valence-corrected chi connectivity index (χ4v) is 3.10. The second-order valence-electron chi connectivity index (χ2n) is 6.96. The van der Waals surface area contributed by atoms with E-state index < -0.39 is 0 Å². The molecule has 0 heterocycles. The molecule has 0 radical (unpaired) electrons. The van der Waals surface area contributed by atoms with Crippen LogP contribution >= 0.6 is 0 Å². The molecule has 1 aliphatic carbocycles. The van der Waals surface area contributed by atoms with Crippen LogP contribution in [0.1, 0.15) is 28.8 Å². The van der Waals surface area contributed by atoms with Gasteiger partial charge in [-0.2, -0.15) is 0 Å². The number of hydrogen-bond acceptors (Lipinski definition) is 6. The van der Waals surface area contributed by atoms with Crippen LogP contribution < -0.4 is 30.0 Å². The third-order valence-electron chi connectivity index (χ3n) is 4.85. The SMILES string of the molecule is COc1c(Oc2ccc(CCN)cc2)cc(C(=O)NCC2CC2)c(OC)c1OC. The van der Waals surface area contributed by atoms with Crippen molar-refractivity contribution in [3.8, 4) is 28.7 Å². The predicted octanol–water partition coefficient (Wildman–Crippen LogP) is 3.15. The molecule has 1 aliphatic rings. The zero-order valence-corrected chi connectivity index (χ0v) is 17.1. The quantitative estimate of drug-likeness (QED) is 0.637. The molecule has 2 aromatic carbocycles. The second kappa shape index (κ2) is 9.52. The van der Waals surface area contributed by atoms with Crippen molar-refractivity contribution >= 4 is 5.91 Å². The molecule has 7 heteroatoms. The van der Waals surface area contributed by atoms with E-state index in [1.54, 1.807) is 6.07 Å². The average molecular weight is 400 g/mol. The molecule has 0 spiro atoms. The van der Waals surface area contributed by atoms with Gasteiger partial charge in [-0.15, -0.1) is 0 Å². The van der Waals surface area contributed by atoms with Gasteiger partial charge in [0, 0.05) is 12.6 Å². The molecule has 0 unspecified atom stereocenters. The molecule has 7 nitrogen and oxygen atoms in total. The van der Waals surface area contributed by atoms with Crippen LogP contribution in [-0.4, -0.2) is 40.3 Å². The highest BCUT2D eigenvalue weighted by Gasteiger charge is 2.27. The Morgan fingerprint density at radius 3 is 2.24 bits per heavy atom. The fourth-order valence-electron chi connectivity index (χ4n) is 3.10. The van der Waals surface area contributed by atoms with E-state index in [9.17, 15) is 4.79 Å². The van der Waals surface area contributed by atoms with Crippen LogP contribution in [0.25, 0.3) is 0 Å². The van der Waals surface area contributed by atoms with Crippen molar-refractivity contribution in [1.82, 2.24) is 5.32 Å². The zero-order valence-electron chi connectivity index (χ0n) is 17.1. The summed E-state index contributed by atoms with van der Waals surface area (Å²) in [6, 6.07) is 9.25. The van der Waals surface area contributed by atoms with Gasteiger partial charge in [0.15, 0.2) is 11.5 Å². The van der Waals surface area contributed by atoms with Crippen molar-refractivity contribution in [3.05, 3.63) is 41.5 Å². The first kappa shape index (κ1) is 20.8. The number of ether oxygens (including phenoxy) is 4. The standard InChI is InChI=1S/C22H28N2O5/c1-26-19-17(22(25)24-13-15-4-5-15)12-18(20(27-2)21(19)28-3)29-16-8-6-14(7-9-16)10-11-23/h6-9,12,15H,4-5,10-11,13,23H2,1-3H3,(H,24,25). The molecule has 3 N–H and O–H groups in total. The Bertz CT molecular complexity index is 847. The van der Waals surface area contributed by atoms with Gasteiger partial charge in [0.1, 0.15) is 5.75 Å². The van der Waals surface area contributed by atoms with Crippen LogP contribution in [0.4, 0.5) is 0 Å². The van der Waals surface area contributed by atoms with Gasteiger partial charge in [0.2, 0.25) is 11.5 Å². The number of benzene rings is 2. The van der Waals surface area contributed by atoms with Crippen molar-refractivity contribution in [3.63, 3.8) is 0 Å². The minimum absolute atomic E-state index is 0.238. The molecule has 0 saturated heterocycles. The zero-order chi connectivity index (χ0) is 20.8. The molecular formula is C22H28N2O5. The molecule has 156 valence electrons. The summed E-state index contributed by atoms with van der Waals surface area (Å²) in [5, 5.41) is 2.95. The highest BCUT2D eigenvalue weighted by atomic mass is 16.5. The number of carbonyl (C=O) groups excluding carboxylic acids is 1. The molecule has 2 aromatic rings. The summed E-state index contributed by atoms with van der Waals surface area (Å²) in [5.74, 6) is 2.28. The van der Waals surface area contributed by atoms with Crippen LogP contribution in [-0.2, 0) is 6.42 Å². The Kier molecular flexibility index (Phi) is 6.82. The number of amides is 1. The van der Waals surface area contributed by atoms with Crippen molar-refractivity contribution < 1.29 is 23.7 Å². The molecule has 3 rings (SSSR count). The molecule has 1 amide bonds. The third kappa shape index (κ3) is 4.92. The maximum Gasteiger partial charge on any atom is 0.255 e. The molecule has 0 bridgehead atoms. The lowest BCUT2D eigenvalue weighted by Crippen LogP contribution is -2.26. The monoisotopic (exact) mass is 400 g/mol. The first-order valence-electron chi connectivity index (χ1n) is 9.69. The number of hydrogen-bond donors (Lipinski definition) is 2. The number of nitrogens with one attached hydrogen (secondary N) is 1. The van der Waals surface area contributed by atoms with E-state index in [4.69, 9.17) is 24.7 Å². The fraction of sp³-hybridized carbons (Fsp3) is 0.409. The van der Waals surface area contributed by atoms with Crippen molar-refractivity contribution in [1.29, 1.82) is 0 Å². The van der Waals surface area contributed by atoms with Gasteiger partial charge in [-0.3, -0.25) is 4.79 Å². The summed E-state index contributed by atoms with van der Waals surface area (Å²) >= 11 is 0. The van der Waals surface area contributed by atoms with Crippen LogP contribution in [0.3, 0.4) is 0 Å². The minimum atomic E-state index is -0.238. The van der Waals surface area contributed by atoms with E-state index in [-0.39, 0.29) is 5.91 Å². The summed E-state index contributed by atoms with van der Waals surface area (Å²) < 4.78 is 22.5. The summed E-state index contributed by atoms with van der Waals surface area (Å²) in [7, 11) is 4.50. The lowest BCUT2D eigenvalue weighted by molar-refractivity contribution is 0.0947. The van der Waals surface area contributed by atoms with Gasteiger partial charge in [0.25, 0.3) is 5.91 Å². The number of rotatable bonds is 10. The van der Waals surface area contributed by atoms with E-state index in [0.29, 0.717) is 53.3 Å². The normalized spacial score (nSPS) is 13.0. The summed E-state index contributed by atoms with van der Waals surface area (Å²) in [6.45, 7) is 1.23. The first-order valence-corrected chi connectivity index (χ1v) is 9.69. The number of carbonyl (C=O) groups is 1. The molecular weight excluding hydrogens is 372 g/mol. The Morgan fingerprint density at radius 2 is 1.69 bits per heavy atom. The Morgan fingerprint density at radius 1 is 1.03 bits per heavy atom. The lowest BCUT2D eigenvalue weighted by Gasteiger charge is -2.19. The molecule has 29 heavy (non-hydrogen) atoms. The molecule has 0 aliphatic heterocycles. The lowest BCUT2D eigenvalue weighted by atomic mass is 10.1.